The summed E-state index contributed by atoms with van der Waals surface area (Å²) in [6.07, 6.45) is -3.28. The molecule has 0 saturated carbocycles. The molecule has 1 saturated heterocycles. The molecule has 0 radical (unpaired) electrons. The van der Waals surface area contributed by atoms with Crippen molar-refractivity contribution in [1.29, 1.82) is 0 Å². The number of halogens is 3. The summed E-state index contributed by atoms with van der Waals surface area (Å²) >= 11 is 0. The van der Waals surface area contributed by atoms with Crippen LogP contribution in [0.1, 0.15) is 23.4 Å². The summed E-state index contributed by atoms with van der Waals surface area (Å²) in [5, 5.41) is 0. The number of likely N-dealkylation sites (tertiary alicyclic amines) is 1. The molecular weight excluding hydrogens is 331 g/mol. The van der Waals surface area contributed by atoms with Gasteiger partial charge in [-0.2, -0.15) is 13.2 Å². The molecule has 1 fully saturated rings. The molecule has 1 aliphatic heterocycles. The van der Waals surface area contributed by atoms with E-state index in [2.05, 4.69) is 28.9 Å². The average Bonchev–Trinajstić information content (AvgIpc) is 3.15. The number of aromatic nitrogens is 1. The van der Waals surface area contributed by atoms with E-state index in [0.29, 0.717) is 23.9 Å². The monoisotopic (exact) mass is 353 g/mol. The molecule has 1 aromatic heterocycles. The molecule has 0 amide bonds. The third kappa shape index (κ3) is 4.04. The Hall–Kier alpha value is -1.86. The molecule has 7 heteroatoms. The molecule has 1 aromatic carbocycles. The zero-order valence-corrected chi connectivity index (χ0v) is 14.6. The first kappa shape index (κ1) is 17.9. The summed E-state index contributed by atoms with van der Waals surface area (Å²) in [4.78, 5) is 8.96. The molecule has 1 atom stereocenters. The zero-order chi connectivity index (χ0) is 18.2. The Kier molecular flexibility index (Phi) is 4.88. The number of hydrogen-bond donors (Lipinski definition) is 0. The standard InChI is InChI=1S/C18H22F3N3O/c1-12-16(11-24-8-7-15(10-24)23(2)3)22-17(25-12)13-5-4-6-14(9-13)18(19,20)21/h4-6,9,15H,7-8,10-11H2,1-3H3/t15-/m1/s1. The maximum absolute atomic E-state index is 12.9. The molecule has 0 N–H and O–H groups in total. The van der Waals surface area contributed by atoms with E-state index < -0.39 is 11.7 Å². The lowest BCUT2D eigenvalue weighted by molar-refractivity contribution is -0.137. The van der Waals surface area contributed by atoms with Gasteiger partial charge in [-0.05, 0) is 45.6 Å². The molecule has 0 spiro atoms. The van der Waals surface area contributed by atoms with Crippen LogP contribution in [0.25, 0.3) is 11.5 Å². The predicted molar refractivity (Wildman–Crippen MR) is 89.0 cm³/mol. The van der Waals surface area contributed by atoms with Crippen molar-refractivity contribution >= 4 is 0 Å². The van der Waals surface area contributed by atoms with Crippen LogP contribution < -0.4 is 0 Å². The van der Waals surface area contributed by atoms with Crippen molar-refractivity contribution in [3.8, 4) is 11.5 Å². The van der Waals surface area contributed by atoms with Crippen molar-refractivity contribution in [3.63, 3.8) is 0 Å². The molecule has 2 aromatic rings. The van der Waals surface area contributed by atoms with Crippen LogP contribution in [0.2, 0.25) is 0 Å². The second-order valence-corrected chi connectivity index (χ2v) is 6.74. The Morgan fingerprint density at radius 3 is 2.72 bits per heavy atom. The van der Waals surface area contributed by atoms with Gasteiger partial charge in [0.05, 0.1) is 11.3 Å². The highest BCUT2D eigenvalue weighted by molar-refractivity contribution is 5.55. The zero-order valence-electron chi connectivity index (χ0n) is 14.6. The minimum Gasteiger partial charge on any atom is -0.441 e. The highest BCUT2D eigenvalue weighted by atomic mass is 19.4. The average molecular weight is 353 g/mol. The molecule has 0 aliphatic carbocycles. The second-order valence-electron chi connectivity index (χ2n) is 6.74. The van der Waals surface area contributed by atoms with Gasteiger partial charge in [0.2, 0.25) is 5.89 Å². The number of nitrogens with zero attached hydrogens (tertiary/aromatic N) is 3. The van der Waals surface area contributed by atoms with Crippen molar-refractivity contribution in [2.45, 2.75) is 32.1 Å². The van der Waals surface area contributed by atoms with Crippen molar-refractivity contribution in [2.24, 2.45) is 0 Å². The van der Waals surface area contributed by atoms with Gasteiger partial charge < -0.3 is 9.32 Å². The molecule has 136 valence electrons. The van der Waals surface area contributed by atoms with E-state index in [4.69, 9.17) is 4.42 Å². The van der Waals surface area contributed by atoms with E-state index in [1.165, 1.54) is 6.07 Å². The van der Waals surface area contributed by atoms with E-state index in [-0.39, 0.29) is 5.89 Å². The van der Waals surface area contributed by atoms with Crippen LogP contribution in [0.4, 0.5) is 13.2 Å². The molecule has 25 heavy (non-hydrogen) atoms. The first-order valence-corrected chi connectivity index (χ1v) is 8.27. The third-order valence-corrected chi connectivity index (χ3v) is 4.68. The van der Waals surface area contributed by atoms with Gasteiger partial charge in [-0.1, -0.05) is 6.07 Å². The number of benzene rings is 1. The lowest BCUT2D eigenvalue weighted by Crippen LogP contribution is -2.31. The molecule has 4 nitrogen and oxygen atoms in total. The SMILES string of the molecule is Cc1oc(-c2cccc(C(F)(F)F)c2)nc1CN1CC[C@@H](N(C)C)C1. The summed E-state index contributed by atoms with van der Waals surface area (Å²) in [7, 11) is 4.14. The van der Waals surface area contributed by atoms with Crippen LogP contribution in [0.15, 0.2) is 28.7 Å². The lowest BCUT2D eigenvalue weighted by atomic mass is 10.1. The van der Waals surface area contributed by atoms with Crippen molar-refractivity contribution in [1.82, 2.24) is 14.8 Å². The van der Waals surface area contributed by atoms with Crippen LogP contribution in [-0.4, -0.2) is 48.0 Å². The molecule has 3 rings (SSSR count). The maximum atomic E-state index is 12.9. The van der Waals surface area contributed by atoms with Gasteiger partial charge in [0.1, 0.15) is 5.76 Å². The van der Waals surface area contributed by atoms with E-state index in [1.54, 1.807) is 13.0 Å². The van der Waals surface area contributed by atoms with E-state index in [1.807, 2.05) is 0 Å². The Labute approximate surface area is 145 Å². The van der Waals surface area contributed by atoms with Gasteiger partial charge in [-0.15, -0.1) is 0 Å². The van der Waals surface area contributed by atoms with Crippen LogP contribution in [-0.2, 0) is 12.7 Å². The Morgan fingerprint density at radius 2 is 2.08 bits per heavy atom. The normalized spacial score (nSPS) is 19.1. The van der Waals surface area contributed by atoms with Crippen molar-refractivity contribution in [3.05, 3.63) is 41.3 Å². The Bertz CT molecular complexity index is 739. The van der Waals surface area contributed by atoms with Gasteiger partial charge in [0.15, 0.2) is 0 Å². The highest BCUT2D eigenvalue weighted by Crippen LogP contribution is 2.32. The van der Waals surface area contributed by atoms with Gasteiger partial charge in [0.25, 0.3) is 0 Å². The summed E-state index contributed by atoms with van der Waals surface area (Å²) in [5.74, 6) is 0.891. The van der Waals surface area contributed by atoms with Gasteiger partial charge in [-0.25, -0.2) is 4.98 Å². The van der Waals surface area contributed by atoms with Gasteiger partial charge in [-0.3, -0.25) is 4.90 Å². The van der Waals surface area contributed by atoms with Crippen LogP contribution in [0.5, 0.6) is 0 Å². The van der Waals surface area contributed by atoms with E-state index >= 15 is 0 Å². The molecule has 1 aliphatic rings. The summed E-state index contributed by atoms with van der Waals surface area (Å²) in [6.45, 7) is 4.39. The number of alkyl halides is 3. The molecule has 2 heterocycles. The predicted octanol–water partition coefficient (Wildman–Crippen LogP) is 3.80. The van der Waals surface area contributed by atoms with E-state index in [9.17, 15) is 13.2 Å². The van der Waals surface area contributed by atoms with Crippen LogP contribution >= 0.6 is 0 Å². The van der Waals surface area contributed by atoms with Gasteiger partial charge >= 0.3 is 6.18 Å². The summed E-state index contributed by atoms with van der Waals surface area (Å²) < 4.78 is 44.3. The van der Waals surface area contributed by atoms with Gasteiger partial charge in [0, 0.05) is 31.2 Å². The quantitative estimate of drug-likeness (QED) is 0.837. The fraction of sp³-hybridized carbons (Fsp3) is 0.500. The number of hydrogen-bond acceptors (Lipinski definition) is 4. The number of likely N-dealkylation sites (N-methyl/N-ethyl adjacent to an activating group) is 1. The van der Waals surface area contributed by atoms with Crippen LogP contribution in [0, 0.1) is 6.92 Å². The fourth-order valence-corrected chi connectivity index (χ4v) is 3.12. The van der Waals surface area contributed by atoms with Crippen LogP contribution in [0.3, 0.4) is 0 Å². The molecule has 0 bridgehead atoms. The Morgan fingerprint density at radius 1 is 1.32 bits per heavy atom. The minimum atomic E-state index is -4.38. The first-order valence-electron chi connectivity index (χ1n) is 8.27. The number of aryl methyl sites for hydroxylation is 1. The smallest absolute Gasteiger partial charge is 0.416 e. The first-order chi connectivity index (χ1) is 11.7. The molecule has 0 unspecified atom stereocenters. The minimum absolute atomic E-state index is 0.238. The maximum Gasteiger partial charge on any atom is 0.416 e. The Balaban J connectivity index is 1.77. The number of rotatable bonds is 4. The highest BCUT2D eigenvalue weighted by Gasteiger charge is 2.31. The summed E-state index contributed by atoms with van der Waals surface area (Å²) in [6, 6.07) is 5.61. The van der Waals surface area contributed by atoms with Crippen molar-refractivity contribution in [2.75, 3.05) is 27.2 Å². The topological polar surface area (TPSA) is 32.5 Å². The summed E-state index contributed by atoms with van der Waals surface area (Å²) in [5.41, 5.74) is 0.430. The van der Waals surface area contributed by atoms with Crippen molar-refractivity contribution < 1.29 is 17.6 Å². The second kappa shape index (κ2) is 6.80. The lowest BCUT2D eigenvalue weighted by Gasteiger charge is -2.19. The largest absolute Gasteiger partial charge is 0.441 e. The third-order valence-electron chi connectivity index (χ3n) is 4.68. The number of oxazole rings is 1. The van der Waals surface area contributed by atoms with E-state index in [0.717, 1.165) is 37.3 Å². The molecular formula is C18H22F3N3O. The fourth-order valence-electron chi connectivity index (χ4n) is 3.12.